The van der Waals surface area contributed by atoms with Gasteiger partial charge >= 0.3 is 12.1 Å². The molecule has 1 amide bonds. The Morgan fingerprint density at radius 1 is 1.00 bits per heavy atom. The first-order chi connectivity index (χ1) is 12.7. The van der Waals surface area contributed by atoms with Crippen LogP contribution in [0.3, 0.4) is 0 Å². The van der Waals surface area contributed by atoms with Gasteiger partial charge in [0, 0.05) is 10.9 Å². The van der Waals surface area contributed by atoms with Crippen molar-refractivity contribution in [3.8, 4) is 11.3 Å². The smallest absolute Gasteiger partial charge is 0.413 e. The highest BCUT2D eigenvalue weighted by atomic mass is 16.6. The molecule has 0 saturated carbocycles. The maximum atomic E-state index is 12.0. The van der Waals surface area contributed by atoms with E-state index in [1.807, 2.05) is 6.07 Å². The lowest BCUT2D eigenvalue weighted by atomic mass is 10.0. The molecule has 0 atom stereocenters. The van der Waals surface area contributed by atoms with Gasteiger partial charge in [-0.15, -0.1) is 0 Å². The fourth-order valence-corrected chi connectivity index (χ4v) is 2.56. The Balaban J connectivity index is 1.95. The number of aromatic carboxylic acids is 1. The summed E-state index contributed by atoms with van der Waals surface area (Å²) in [4.78, 5) is 31.7. The fourth-order valence-electron chi connectivity index (χ4n) is 2.56. The normalized spacial score (nSPS) is 11.2. The van der Waals surface area contributed by atoms with Gasteiger partial charge in [-0.2, -0.15) is 0 Å². The first-order valence-electron chi connectivity index (χ1n) is 8.33. The predicted octanol–water partition coefficient (Wildman–Crippen LogP) is 4.34. The van der Waals surface area contributed by atoms with Crippen molar-refractivity contribution in [1.29, 1.82) is 0 Å². The van der Waals surface area contributed by atoms with Gasteiger partial charge in [0.2, 0.25) is 0 Å². The van der Waals surface area contributed by atoms with E-state index in [1.165, 1.54) is 6.07 Å². The number of ether oxygens (including phenoxy) is 1. The van der Waals surface area contributed by atoms with Crippen LogP contribution in [0.15, 0.2) is 48.5 Å². The number of carbonyl (C=O) groups excluding carboxylic acids is 1. The van der Waals surface area contributed by atoms with E-state index in [0.717, 1.165) is 10.9 Å². The Bertz CT molecular complexity index is 1030. The molecule has 2 N–H and O–H groups in total. The van der Waals surface area contributed by atoms with Crippen molar-refractivity contribution in [1.82, 2.24) is 9.97 Å². The molecule has 0 unspecified atom stereocenters. The fraction of sp³-hybridized carbons (Fsp3) is 0.200. The zero-order valence-corrected chi connectivity index (χ0v) is 15.2. The SMILES string of the molecule is CC(C)(C)OC(=O)Nc1cccc(-c2cccc3nc(C(=O)O)ccc23)n1. The summed E-state index contributed by atoms with van der Waals surface area (Å²) in [6.07, 6.45) is -0.585. The zero-order valence-electron chi connectivity index (χ0n) is 15.2. The second-order valence-corrected chi connectivity index (χ2v) is 6.91. The molecule has 27 heavy (non-hydrogen) atoms. The first-order valence-corrected chi connectivity index (χ1v) is 8.33. The molecular formula is C20H19N3O4. The van der Waals surface area contributed by atoms with E-state index >= 15 is 0 Å². The molecule has 3 aromatic rings. The predicted molar refractivity (Wildman–Crippen MR) is 102 cm³/mol. The van der Waals surface area contributed by atoms with Crippen molar-refractivity contribution >= 4 is 28.8 Å². The van der Waals surface area contributed by atoms with E-state index in [4.69, 9.17) is 9.84 Å². The number of amides is 1. The van der Waals surface area contributed by atoms with Crippen molar-refractivity contribution in [2.75, 3.05) is 5.32 Å². The van der Waals surface area contributed by atoms with Crippen LogP contribution in [0.4, 0.5) is 10.6 Å². The van der Waals surface area contributed by atoms with E-state index in [-0.39, 0.29) is 5.69 Å². The summed E-state index contributed by atoms with van der Waals surface area (Å²) in [5.74, 6) is -0.724. The summed E-state index contributed by atoms with van der Waals surface area (Å²) in [5, 5.41) is 12.5. The van der Waals surface area contributed by atoms with Crippen LogP contribution in [0.2, 0.25) is 0 Å². The molecule has 0 aliphatic carbocycles. The van der Waals surface area contributed by atoms with Gasteiger partial charge in [-0.05, 0) is 51.1 Å². The summed E-state index contributed by atoms with van der Waals surface area (Å²) in [6, 6.07) is 13.8. The number of rotatable bonds is 3. The maximum absolute atomic E-state index is 12.0. The van der Waals surface area contributed by atoms with Crippen molar-refractivity contribution in [2.45, 2.75) is 26.4 Å². The molecule has 0 radical (unpaired) electrons. The number of carboxylic acids is 1. The lowest BCUT2D eigenvalue weighted by Crippen LogP contribution is -2.27. The minimum Gasteiger partial charge on any atom is -0.477 e. The summed E-state index contributed by atoms with van der Waals surface area (Å²) in [6.45, 7) is 5.35. The molecule has 0 aliphatic heterocycles. The average Bonchev–Trinajstić information content (AvgIpc) is 2.59. The number of nitrogens with one attached hydrogen (secondary N) is 1. The Kier molecular flexibility index (Phi) is 4.77. The number of nitrogens with zero attached hydrogens (tertiary/aromatic N) is 2. The standard InChI is InChI=1S/C20H19N3O4/c1-20(2,3)27-19(26)23-17-9-5-8-15(22-17)12-6-4-7-14-13(12)10-11-16(21-14)18(24)25/h4-11H,1-3H3,(H,24,25)(H,22,23,26). The van der Waals surface area contributed by atoms with Gasteiger partial charge in [-0.3, -0.25) is 5.32 Å². The second-order valence-electron chi connectivity index (χ2n) is 6.91. The number of anilines is 1. The maximum Gasteiger partial charge on any atom is 0.413 e. The third-order valence-corrected chi connectivity index (χ3v) is 3.61. The summed E-state index contributed by atoms with van der Waals surface area (Å²) >= 11 is 0. The van der Waals surface area contributed by atoms with Gasteiger partial charge in [0.05, 0.1) is 11.2 Å². The van der Waals surface area contributed by atoms with E-state index in [1.54, 1.807) is 57.2 Å². The largest absolute Gasteiger partial charge is 0.477 e. The number of benzene rings is 1. The highest BCUT2D eigenvalue weighted by molar-refractivity contribution is 5.97. The lowest BCUT2D eigenvalue weighted by Gasteiger charge is -2.19. The van der Waals surface area contributed by atoms with Crippen molar-refractivity contribution in [3.63, 3.8) is 0 Å². The number of hydrogen-bond donors (Lipinski definition) is 2. The molecule has 0 fully saturated rings. The van der Waals surface area contributed by atoms with Gasteiger partial charge in [0.1, 0.15) is 17.1 Å². The van der Waals surface area contributed by atoms with Gasteiger partial charge in [-0.1, -0.05) is 18.2 Å². The first kappa shape index (κ1) is 18.3. The third-order valence-electron chi connectivity index (χ3n) is 3.61. The summed E-state index contributed by atoms with van der Waals surface area (Å²) in [5.41, 5.74) is 1.33. The summed E-state index contributed by atoms with van der Waals surface area (Å²) in [7, 11) is 0. The molecule has 2 heterocycles. The molecule has 3 rings (SSSR count). The molecule has 0 aliphatic rings. The van der Waals surface area contributed by atoms with Crippen LogP contribution < -0.4 is 5.32 Å². The lowest BCUT2D eigenvalue weighted by molar-refractivity contribution is 0.0633. The van der Waals surface area contributed by atoms with E-state index in [9.17, 15) is 9.59 Å². The van der Waals surface area contributed by atoms with Crippen LogP contribution in [-0.2, 0) is 4.74 Å². The second kappa shape index (κ2) is 7.03. The van der Waals surface area contributed by atoms with E-state index in [0.29, 0.717) is 17.0 Å². The van der Waals surface area contributed by atoms with Gasteiger partial charge < -0.3 is 9.84 Å². The van der Waals surface area contributed by atoms with Crippen LogP contribution >= 0.6 is 0 Å². The topological polar surface area (TPSA) is 101 Å². The average molecular weight is 365 g/mol. The quantitative estimate of drug-likeness (QED) is 0.716. The molecule has 0 bridgehead atoms. The molecule has 0 saturated heterocycles. The van der Waals surface area contributed by atoms with Crippen LogP contribution in [0.5, 0.6) is 0 Å². The van der Waals surface area contributed by atoms with Crippen LogP contribution in [0.1, 0.15) is 31.3 Å². The van der Waals surface area contributed by atoms with Crippen LogP contribution in [0, 0.1) is 0 Å². The van der Waals surface area contributed by atoms with Gasteiger partial charge in [0.25, 0.3) is 0 Å². The molecular weight excluding hydrogens is 346 g/mol. The summed E-state index contributed by atoms with van der Waals surface area (Å²) < 4.78 is 5.24. The monoisotopic (exact) mass is 365 g/mol. The minimum absolute atomic E-state index is 0.0204. The van der Waals surface area contributed by atoms with E-state index < -0.39 is 17.7 Å². The van der Waals surface area contributed by atoms with Crippen LogP contribution in [-0.4, -0.2) is 32.7 Å². The number of pyridine rings is 2. The minimum atomic E-state index is -1.08. The van der Waals surface area contributed by atoms with Gasteiger partial charge in [0.15, 0.2) is 0 Å². The number of aromatic nitrogens is 2. The highest BCUT2D eigenvalue weighted by Crippen LogP contribution is 2.27. The highest BCUT2D eigenvalue weighted by Gasteiger charge is 2.17. The zero-order chi connectivity index (χ0) is 19.6. The molecule has 7 nitrogen and oxygen atoms in total. The molecule has 0 spiro atoms. The Labute approximate surface area is 156 Å². The third kappa shape index (κ3) is 4.38. The van der Waals surface area contributed by atoms with Crippen molar-refractivity contribution in [2.24, 2.45) is 0 Å². The molecule has 7 heteroatoms. The molecule has 138 valence electrons. The van der Waals surface area contributed by atoms with Crippen molar-refractivity contribution in [3.05, 3.63) is 54.2 Å². The molecule has 2 aromatic heterocycles. The molecule has 1 aromatic carbocycles. The Morgan fingerprint density at radius 3 is 2.44 bits per heavy atom. The Morgan fingerprint density at radius 2 is 1.74 bits per heavy atom. The number of hydrogen-bond acceptors (Lipinski definition) is 5. The number of carbonyl (C=O) groups is 2. The number of fused-ring (bicyclic) bond motifs is 1. The van der Waals surface area contributed by atoms with Crippen molar-refractivity contribution < 1.29 is 19.4 Å². The van der Waals surface area contributed by atoms with E-state index in [2.05, 4.69) is 15.3 Å². The Hall–Kier alpha value is -3.48. The van der Waals surface area contributed by atoms with Gasteiger partial charge in [-0.25, -0.2) is 19.6 Å². The number of carboxylic acid groups (broad SMARTS) is 1. The van der Waals surface area contributed by atoms with Crippen LogP contribution in [0.25, 0.3) is 22.2 Å².